The number of nitrogens with one attached hydrogen (secondary N) is 2. The summed E-state index contributed by atoms with van der Waals surface area (Å²) in [4.78, 5) is 24.3. The predicted molar refractivity (Wildman–Crippen MR) is 133 cm³/mol. The van der Waals surface area contributed by atoms with Gasteiger partial charge in [0.25, 0.3) is 15.9 Å². The van der Waals surface area contributed by atoms with E-state index in [1.165, 1.54) is 37.4 Å². The lowest BCUT2D eigenvalue weighted by atomic mass is 10.2. The zero-order valence-electron chi connectivity index (χ0n) is 18.2. The molecule has 0 saturated carbocycles. The monoisotopic (exact) mass is 497 g/mol. The van der Waals surface area contributed by atoms with Crippen LogP contribution < -0.4 is 14.9 Å². The minimum Gasteiger partial charge on any atom is -0.326 e. The highest BCUT2D eigenvalue weighted by atomic mass is 32.2. The molecule has 0 bridgehead atoms. The molecule has 3 aromatic carbocycles. The molecule has 0 saturated heterocycles. The van der Waals surface area contributed by atoms with Crippen molar-refractivity contribution in [1.82, 2.24) is 0 Å². The van der Waals surface area contributed by atoms with E-state index in [-0.39, 0.29) is 16.7 Å². The highest BCUT2D eigenvalue weighted by Crippen LogP contribution is 2.31. The third-order valence-electron chi connectivity index (χ3n) is 5.02. The molecule has 1 aromatic heterocycles. The van der Waals surface area contributed by atoms with Gasteiger partial charge in [-0.15, -0.1) is 11.3 Å². The lowest BCUT2D eigenvalue weighted by Crippen LogP contribution is -2.26. The van der Waals surface area contributed by atoms with Crippen LogP contribution in [0.2, 0.25) is 0 Å². The zero-order chi connectivity index (χ0) is 24.5. The van der Waals surface area contributed by atoms with E-state index < -0.39 is 15.8 Å². The second-order valence-corrected chi connectivity index (χ2v) is 10.5. The Kier molecular flexibility index (Phi) is 6.36. The fourth-order valence-corrected chi connectivity index (χ4v) is 5.40. The fourth-order valence-electron chi connectivity index (χ4n) is 3.27. The molecule has 0 unspecified atom stereocenters. The number of carbonyl (C=O) groups excluding carboxylic acids is 2. The first kappa shape index (κ1) is 23.4. The first-order valence-electron chi connectivity index (χ1n) is 10.1. The fraction of sp³-hybridized carbons (Fsp3) is 0.0833. The third kappa shape index (κ3) is 4.92. The highest BCUT2D eigenvalue weighted by Gasteiger charge is 2.22. The molecule has 174 valence electrons. The van der Waals surface area contributed by atoms with Crippen LogP contribution in [0.1, 0.15) is 16.6 Å². The van der Waals surface area contributed by atoms with E-state index in [1.807, 2.05) is 0 Å². The topological polar surface area (TPSA) is 95.6 Å². The summed E-state index contributed by atoms with van der Waals surface area (Å²) in [6.07, 6.45) is 0. The van der Waals surface area contributed by atoms with Crippen molar-refractivity contribution in [2.45, 2.75) is 11.8 Å². The van der Waals surface area contributed by atoms with Gasteiger partial charge in [0, 0.05) is 30.0 Å². The average molecular weight is 498 g/mol. The number of thiophene rings is 1. The number of fused-ring (bicyclic) bond motifs is 1. The molecule has 7 nitrogen and oxygen atoms in total. The number of hydrogen-bond donors (Lipinski definition) is 2. The number of amides is 2. The summed E-state index contributed by atoms with van der Waals surface area (Å²) in [5.74, 6) is -1.00. The van der Waals surface area contributed by atoms with E-state index in [4.69, 9.17) is 0 Å². The van der Waals surface area contributed by atoms with Crippen molar-refractivity contribution in [2.75, 3.05) is 22.0 Å². The minimum atomic E-state index is -3.87. The van der Waals surface area contributed by atoms with Gasteiger partial charge >= 0.3 is 0 Å². The van der Waals surface area contributed by atoms with Crippen LogP contribution in [0.3, 0.4) is 0 Å². The number of nitrogens with zero attached hydrogens (tertiary/aromatic N) is 1. The lowest BCUT2D eigenvalue weighted by Gasteiger charge is -2.19. The largest absolute Gasteiger partial charge is 0.326 e. The summed E-state index contributed by atoms with van der Waals surface area (Å²) in [6.45, 7) is 1.42. The Morgan fingerprint density at radius 1 is 0.882 bits per heavy atom. The molecule has 4 rings (SSSR count). The third-order valence-corrected chi connectivity index (χ3v) is 7.94. The van der Waals surface area contributed by atoms with Gasteiger partial charge in [0.1, 0.15) is 5.82 Å². The quantitative estimate of drug-likeness (QED) is 0.389. The van der Waals surface area contributed by atoms with Gasteiger partial charge in [-0.2, -0.15) is 0 Å². The first-order valence-corrected chi connectivity index (χ1v) is 12.4. The molecule has 0 fully saturated rings. The average Bonchev–Trinajstić information content (AvgIpc) is 3.23. The van der Waals surface area contributed by atoms with E-state index in [9.17, 15) is 22.4 Å². The summed E-state index contributed by atoms with van der Waals surface area (Å²) in [6, 6.07) is 18.2. The minimum absolute atomic E-state index is 0.0218. The maximum absolute atomic E-state index is 13.2. The Labute approximate surface area is 199 Å². The van der Waals surface area contributed by atoms with Crippen LogP contribution in [0.15, 0.2) is 77.7 Å². The molecular formula is C24H20FN3O4S2. The molecular weight excluding hydrogens is 477 g/mol. The van der Waals surface area contributed by atoms with Crippen molar-refractivity contribution in [2.24, 2.45) is 0 Å². The van der Waals surface area contributed by atoms with E-state index in [1.54, 1.807) is 48.5 Å². The summed E-state index contributed by atoms with van der Waals surface area (Å²) in [5.41, 5.74) is 1.61. The molecule has 0 aliphatic rings. The van der Waals surface area contributed by atoms with Gasteiger partial charge in [0.2, 0.25) is 5.91 Å². The number of carbonyl (C=O) groups is 2. The smallest absolute Gasteiger partial charge is 0.265 e. The van der Waals surface area contributed by atoms with Gasteiger partial charge in [-0.3, -0.25) is 13.9 Å². The highest BCUT2D eigenvalue weighted by molar-refractivity contribution is 7.92. The second-order valence-electron chi connectivity index (χ2n) is 7.47. The molecule has 1 heterocycles. The van der Waals surface area contributed by atoms with Crippen molar-refractivity contribution in [3.05, 3.63) is 83.5 Å². The summed E-state index contributed by atoms with van der Waals surface area (Å²) in [5, 5.41) is 6.19. The van der Waals surface area contributed by atoms with E-state index >= 15 is 0 Å². The molecule has 34 heavy (non-hydrogen) atoms. The van der Waals surface area contributed by atoms with Gasteiger partial charge in [-0.1, -0.05) is 0 Å². The van der Waals surface area contributed by atoms with Gasteiger partial charge in [0.05, 0.1) is 15.5 Å². The van der Waals surface area contributed by atoms with E-state index in [2.05, 4.69) is 10.6 Å². The Morgan fingerprint density at radius 3 is 2.12 bits per heavy atom. The van der Waals surface area contributed by atoms with Crippen LogP contribution in [0.5, 0.6) is 0 Å². The van der Waals surface area contributed by atoms with Crippen molar-refractivity contribution in [1.29, 1.82) is 0 Å². The van der Waals surface area contributed by atoms with Crippen LogP contribution in [0, 0.1) is 5.82 Å². The van der Waals surface area contributed by atoms with Gasteiger partial charge in [-0.25, -0.2) is 12.8 Å². The number of hydrogen-bond acceptors (Lipinski definition) is 5. The van der Waals surface area contributed by atoms with Crippen LogP contribution in [0.25, 0.3) is 10.1 Å². The van der Waals surface area contributed by atoms with Crippen molar-refractivity contribution < 1.29 is 22.4 Å². The van der Waals surface area contributed by atoms with Crippen molar-refractivity contribution in [3.63, 3.8) is 0 Å². The number of anilines is 3. The number of rotatable bonds is 6. The maximum Gasteiger partial charge on any atom is 0.265 e. The number of benzene rings is 3. The van der Waals surface area contributed by atoms with E-state index in [0.717, 1.165) is 26.5 Å². The SMILES string of the molecule is CC(=O)Nc1ccc(NC(=O)c2cc3cc(N(C)S(=O)(=O)c4ccc(F)cc4)ccc3s2)cc1. The Hall–Kier alpha value is -3.76. The molecule has 0 radical (unpaired) electrons. The summed E-state index contributed by atoms with van der Waals surface area (Å²) < 4.78 is 40.9. The molecule has 0 spiro atoms. The Morgan fingerprint density at radius 2 is 1.50 bits per heavy atom. The molecule has 10 heteroatoms. The van der Waals surface area contributed by atoms with Crippen molar-refractivity contribution in [3.8, 4) is 0 Å². The zero-order valence-corrected chi connectivity index (χ0v) is 19.8. The molecule has 0 atom stereocenters. The normalized spacial score (nSPS) is 11.3. The Bertz CT molecular complexity index is 1480. The Balaban J connectivity index is 1.54. The number of sulfonamides is 1. The molecule has 2 amide bonds. The molecule has 4 aromatic rings. The second kappa shape index (κ2) is 9.24. The van der Waals surface area contributed by atoms with Crippen LogP contribution in [-0.2, 0) is 14.8 Å². The van der Waals surface area contributed by atoms with Gasteiger partial charge < -0.3 is 10.6 Å². The molecule has 0 aliphatic carbocycles. The van der Waals surface area contributed by atoms with Crippen LogP contribution >= 0.6 is 11.3 Å². The van der Waals surface area contributed by atoms with Crippen LogP contribution in [0.4, 0.5) is 21.5 Å². The summed E-state index contributed by atoms with van der Waals surface area (Å²) >= 11 is 1.28. The van der Waals surface area contributed by atoms with Crippen LogP contribution in [-0.4, -0.2) is 27.3 Å². The van der Waals surface area contributed by atoms with Gasteiger partial charge in [0.15, 0.2) is 0 Å². The van der Waals surface area contributed by atoms with E-state index in [0.29, 0.717) is 21.9 Å². The van der Waals surface area contributed by atoms with Gasteiger partial charge in [-0.05, 0) is 78.2 Å². The standard InChI is InChI=1S/C24H20FN3O4S2/c1-15(29)26-18-5-7-19(8-6-18)27-24(30)23-14-16-13-20(9-12-22(16)33-23)28(2)34(31,32)21-10-3-17(25)4-11-21/h3-14H,1-2H3,(H,26,29)(H,27,30). The lowest BCUT2D eigenvalue weighted by molar-refractivity contribution is -0.114. The molecule has 0 aliphatic heterocycles. The summed E-state index contributed by atoms with van der Waals surface area (Å²) in [7, 11) is -2.45. The first-order chi connectivity index (χ1) is 16.1. The van der Waals surface area contributed by atoms with Crippen molar-refractivity contribution >= 4 is 60.3 Å². The predicted octanol–water partition coefficient (Wildman–Crippen LogP) is 5.08. The number of halogens is 1. The maximum atomic E-state index is 13.2. The molecule has 2 N–H and O–H groups in total.